The van der Waals surface area contributed by atoms with Gasteiger partial charge >= 0.3 is 0 Å². The summed E-state index contributed by atoms with van der Waals surface area (Å²) in [6, 6.07) is 0.427. The van der Waals surface area contributed by atoms with Gasteiger partial charge in [0.2, 0.25) is 0 Å². The third kappa shape index (κ3) is 11.4. The molecular weight excluding hydrogens is 320 g/mol. The molecule has 0 aliphatic carbocycles. The first kappa shape index (κ1) is 22.2. The van der Waals surface area contributed by atoms with Crippen LogP contribution in [0.5, 0.6) is 0 Å². The number of aliphatic imine (C=N–C) groups is 1. The maximum atomic E-state index is 5.57. The van der Waals surface area contributed by atoms with Gasteiger partial charge in [-0.05, 0) is 20.3 Å². The largest absolute Gasteiger partial charge is 0.379 e. The van der Waals surface area contributed by atoms with E-state index in [1.807, 2.05) is 0 Å². The topological polar surface area (TPSA) is 67.4 Å². The summed E-state index contributed by atoms with van der Waals surface area (Å²) in [5.41, 5.74) is 0. The second-order valence-corrected chi connectivity index (χ2v) is 6.22. The van der Waals surface area contributed by atoms with Crippen LogP contribution < -0.4 is 10.6 Å². The van der Waals surface area contributed by atoms with Gasteiger partial charge in [0.1, 0.15) is 0 Å². The lowest BCUT2D eigenvalue weighted by molar-refractivity contribution is 0.0220. The molecule has 148 valence electrons. The highest BCUT2D eigenvalue weighted by atomic mass is 16.5. The van der Waals surface area contributed by atoms with E-state index in [0.29, 0.717) is 25.9 Å². The Morgan fingerprint density at radius 2 is 1.80 bits per heavy atom. The number of morpholine rings is 1. The molecule has 0 aromatic rings. The second kappa shape index (κ2) is 15.4. The van der Waals surface area contributed by atoms with Crippen LogP contribution in [-0.2, 0) is 14.2 Å². The smallest absolute Gasteiger partial charge is 0.191 e. The Balaban J connectivity index is 2.13. The van der Waals surface area contributed by atoms with E-state index in [1.54, 1.807) is 0 Å². The van der Waals surface area contributed by atoms with Gasteiger partial charge in [-0.1, -0.05) is 13.3 Å². The highest BCUT2D eigenvalue weighted by molar-refractivity contribution is 5.79. The summed E-state index contributed by atoms with van der Waals surface area (Å²) in [6.07, 6.45) is 2.29. The van der Waals surface area contributed by atoms with E-state index in [-0.39, 0.29) is 0 Å². The van der Waals surface area contributed by atoms with E-state index < -0.39 is 0 Å². The molecule has 1 rings (SSSR count). The zero-order valence-corrected chi connectivity index (χ0v) is 16.4. The van der Waals surface area contributed by atoms with Gasteiger partial charge in [-0.3, -0.25) is 9.89 Å². The van der Waals surface area contributed by atoms with Gasteiger partial charge in [0, 0.05) is 38.8 Å². The van der Waals surface area contributed by atoms with Crippen molar-refractivity contribution in [1.82, 2.24) is 15.5 Å². The zero-order valence-electron chi connectivity index (χ0n) is 16.4. The lowest BCUT2D eigenvalue weighted by atomic mass is 10.2. The van der Waals surface area contributed by atoms with Crippen LogP contribution >= 0.6 is 0 Å². The van der Waals surface area contributed by atoms with E-state index >= 15 is 0 Å². The van der Waals surface area contributed by atoms with Crippen LogP contribution in [0.15, 0.2) is 4.99 Å². The Morgan fingerprint density at radius 1 is 1.08 bits per heavy atom. The summed E-state index contributed by atoms with van der Waals surface area (Å²) in [5.74, 6) is 0.852. The van der Waals surface area contributed by atoms with E-state index in [9.17, 15) is 0 Å². The van der Waals surface area contributed by atoms with Crippen molar-refractivity contribution in [3.8, 4) is 0 Å². The first-order valence-electron chi connectivity index (χ1n) is 9.77. The Bertz CT molecular complexity index is 336. The number of nitrogens with zero attached hydrogens (tertiary/aromatic N) is 2. The number of hydrogen-bond acceptors (Lipinski definition) is 5. The minimum atomic E-state index is 0.427. The SMILES string of the molecule is CCCCOCCOCCNC(=NCC(C)N1CCOCC1)NCC. The molecule has 1 heterocycles. The zero-order chi connectivity index (χ0) is 18.2. The minimum Gasteiger partial charge on any atom is -0.379 e. The summed E-state index contributed by atoms with van der Waals surface area (Å²) in [7, 11) is 0. The molecule has 0 aromatic carbocycles. The van der Waals surface area contributed by atoms with Crippen LogP contribution in [0.4, 0.5) is 0 Å². The van der Waals surface area contributed by atoms with E-state index in [1.165, 1.54) is 6.42 Å². The molecule has 25 heavy (non-hydrogen) atoms. The predicted octanol–water partition coefficient (Wildman–Crippen LogP) is 1.10. The van der Waals surface area contributed by atoms with Gasteiger partial charge in [0.15, 0.2) is 5.96 Å². The predicted molar refractivity (Wildman–Crippen MR) is 102 cm³/mol. The van der Waals surface area contributed by atoms with E-state index in [2.05, 4.69) is 41.3 Å². The average molecular weight is 359 g/mol. The molecule has 1 saturated heterocycles. The molecule has 1 atom stereocenters. The molecule has 1 fully saturated rings. The summed E-state index contributed by atoms with van der Waals surface area (Å²) in [6.45, 7) is 15.3. The normalized spacial score (nSPS) is 17.5. The van der Waals surface area contributed by atoms with Crippen molar-refractivity contribution in [3.05, 3.63) is 0 Å². The quantitative estimate of drug-likeness (QED) is 0.292. The number of hydrogen-bond donors (Lipinski definition) is 2. The molecule has 7 nitrogen and oxygen atoms in total. The maximum absolute atomic E-state index is 5.57. The van der Waals surface area contributed by atoms with Crippen molar-refractivity contribution in [2.45, 2.75) is 39.7 Å². The number of rotatable bonds is 13. The standard InChI is InChI=1S/C18H38N4O3/c1-4-6-10-23-14-15-24-11-7-20-18(19-5-2)21-16-17(3)22-8-12-25-13-9-22/h17H,4-16H2,1-3H3,(H2,19,20,21). The van der Waals surface area contributed by atoms with Crippen LogP contribution in [0.2, 0.25) is 0 Å². The molecular formula is C18H38N4O3. The second-order valence-electron chi connectivity index (χ2n) is 6.22. The summed E-state index contributed by atoms with van der Waals surface area (Å²) in [4.78, 5) is 7.12. The monoisotopic (exact) mass is 358 g/mol. The molecule has 0 bridgehead atoms. The fourth-order valence-electron chi connectivity index (χ4n) is 2.51. The summed E-state index contributed by atoms with van der Waals surface area (Å²) >= 11 is 0. The van der Waals surface area contributed by atoms with Gasteiger partial charge in [-0.25, -0.2) is 0 Å². The van der Waals surface area contributed by atoms with Crippen molar-refractivity contribution in [3.63, 3.8) is 0 Å². The fraction of sp³-hybridized carbons (Fsp3) is 0.944. The van der Waals surface area contributed by atoms with Crippen LogP contribution in [-0.4, -0.2) is 89.3 Å². The average Bonchev–Trinajstić information content (AvgIpc) is 2.65. The molecule has 1 aliphatic heterocycles. The summed E-state index contributed by atoms with van der Waals surface area (Å²) < 4.78 is 16.4. The number of nitrogens with one attached hydrogen (secondary N) is 2. The third-order valence-electron chi connectivity index (χ3n) is 4.08. The van der Waals surface area contributed by atoms with Crippen LogP contribution in [0, 0.1) is 0 Å². The van der Waals surface area contributed by atoms with Gasteiger partial charge < -0.3 is 24.8 Å². The molecule has 0 radical (unpaired) electrons. The van der Waals surface area contributed by atoms with E-state index in [4.69, 9.17) is 14.2 Å². The fourth-order valence-corrected chi connectivity index (χ4v) is 2.51. The molecule has 0 aromatic heterocycles. The van der Waals surface area contributed by atoms with Gasteiger partial charge in [-0.2, -0.15) is 0 Å². The maximum Gasteiger partial charge on any atom is 0.191 e. The highest BCUT2D eigenvalue weighted by Gasteiger charge is 2.16. The van der Waals surface area contributed by atoms with Crippen LogP contribution in [0.1, 0.15) is 33.6 Å². The first-order chi connectivity index (χ1) is 12.3. The van der Waals surface area contributed by atoms with Gasteiger partial charge in [-0.15, -0.1) is 0 Å². The Hall–Kier alpha value is -0.890. The molecule has 0 amide bonds. The lowest BCUT2D eigenvalue weighted by Gasteiger charge is -2.31. The Morgan fingerprint density at radius 3 is 2.48 bits per heavy atom. The van der Waals surface area contributed by atoms with Crippen molar-refractivity contribution in [1.29, 1.82) is 0 Å². The van der Waals surface area contributed by atoms with Crippen LogP contribution in [0.25, 0.3) is 0 Å². The third-order valence-corrected chi connectivity index (χ3v) is 4.08. The minimum absolute atomic E-state index is 0.427. The Kier molecular flexibility index (Phi) is 13.6. The number of ether oxygens (including phenoxy) is 3. The van der Waals surface area contributed by atoms with Crippen molar-refractivity contribution < 1.29 is 14.2 Å². The van der Waals surface area contributed by atoms with Crippen LogP contribution in [0.3, 0.4) is 0 Å². The first-order valence-corrected chi connectivity index (χ1v) is 9.77. The molecule has 2 N–H and O–H groups in total. The van der Waals surface area contributed by atoms with Crippen molar-refractivity contribution >= 4 is 5.96 Å². The lowest BCUT2D eigenvalue weighted by Crippen LogP contribution is -2.44. The Labute approximate surface area is 153 Å². The molecule has 0 spiro atoms. The van der Waals surface area contributed by atoms with Crippen molar-refractivity contribution in [2.24, 2.45) is 4.99 Å². The molecule has 7 heteroatoms. The summed E-state index contributed by atoms with van der Waals surface area (Å²) in [5, 5.41) is 6.60. The molecule has 1 unspecified atom stereocenters. The number of unbranched alkanes of at least 4 members (excludes halogenated alkanes) is 1. The van der Waals surface area contributed by atoms with E-state index in [0.717, 1.165) is 64.9 Å². The highest BCUT2D eigenvalue weighted by Crippen LogP contribution is 2.03. The molecule has 0 saturated carbocycles. The van der Waals surface area contributed by atoms with Gasteiger partial charge in [0.25, 0.3) is 0 Å². The number of guanidine groups is 1. The van der Waals surface area contributed by atoms with Crippen molar-refractivity contribution in [2.75, 3.05) is 72.4 Å². The molecule has 1 aliphatic rings. The van der Waals surface area contributed by atoms with Gasteiger partial charge in [0.05, 0.1) is 39.6 Å².